The molecule has 0 aliphatic carbocycles. The van der Waals surface area contributed by atoms with Crippen molar-refractivity contribution in [3.05, 3.63) is 23.9 Å². The largest absolute Gasteiger partial charge is 0.378 e. The van der Waals surface area contributed by atoms with E-state index in [9.17, 15) is 0 Å². The molecule has 2 aliphatic heterocycles. The van der Waals surface area contributed by atoms with E-state index in [4.69, 9.17) is 4.74 Å². The second-order valence-corrected chi connectivity index (χ2v) is 4.69. The first-order valence-corrected chi connectivity index (χ1v) is 6.46. The highest BCUT2D eigenvalue weighted by Crippen LogP contribution is 2.27. The van der Waals surface area contributed by atoms with Crippen molar-refractivity contribution in [3.8, 4) is 0 Å². The van der Waals surface area contributed by atoms with E-state index >= 15 is 0 Å². The van der Waals surface area contributed by atoms with Crippen molar-refractivity contribution in [1.82, 2.24) is 10.3 Å². The van der Waals surface area contributed by atoms with E-state index in [1.807, 2.05) is 12.3 Å². The second-order valence-electron chi connectivity index (χ2n) is 4.69. The van der Waals surface area contributed by atoms with Crippen molar-refractivity contribution in [2.75, 3.05) is 37.7 Å². The predicted molar refractivity (Wildman–Crippen MR) is 67.2 cm³/mol. The van der Waals surface area contributed by atoms with Crippen LogP contribution in [0.2, 0.25) is 0 Å². The van der Waals surface area contributed by atoms with Crippen molar-refractivity contribution < 1.29 is 4.74 Å². The highest BCUT2D eigenvalue weighted by atomic mass is 16.5. The van der Waals surface area contributed by atoms with Gasteiger partial charge in [0.1, 0.15) is 5.82 Å². The molecule has 0 saturated carbocycles. The van der Waals surface area contributed by atoms with Crippen LogP contribution in [0.1, 0.15) is 24.4 Å². The standard InChI is InChI=1S/C13H19N3O/c1-2-8-16(7-1)13-11(4-3-5-15-13)12-10-17-9-6-14-12/h3-5,12,14H,1-2,6-10H2. The first-order valence-electron chi connectivity index (χ1n) is 6.46. The van der Waals surface area contributed by atoms with Gasteiger partial charge in [0.2, 0.25) is 0 Å². The Morgan fingerprint density at radius 3 is 3.00 bits per heavy atom. The molecule has 4 nitrogen and oxygen atoms in total. The SMILES string of the molecule is c1cnc(N2CCCC2)c(C2COCCN2)c1. The predicted octanol–water partition coefficient (Wildman–Crippen LogP) is 1.34. The first-order chi connectivity index (χ1) is 8.45. The minimum atomic E-state index is 0.299. The smallest absolute Gasteiger partial charge is 0.133 e. The number of nitrogens with one attached hydrogen (secondary N) is 1. The number of rotatable bonds is 2. The van der Waals surface area contributed by atoms with Gasteiger partial charge in [0.05, 0.1) is 19.3 Å². The van der Waals surface area contributed by atoms with Crippen LogP contribution >= 0.6 is 0 Å². The van der Waals surface area contributed by atoms with Crippen LogP contribution in [0.5, 0.6) is 0 Å². The lowest BCUT2D eigenvalue weighted by atomic mass is 10.1. The van der Waals surface area contributed by atoms with Crippen molar-refractivity contribution in [2.45, 2.75) is 18.9 Å². The quantitative estimate of drug-likeness (QED) is 0.836. The van der Waals surface area contributed by atoms with Gasteiger partial charge in [-0.05, 0) is 18.9 Å². The van der Waals surface area contributed by atoms with E-state index < -0.39 is 0 Å². The fourth-order valence-corrected chi connectivity index (χ4v) is 2.64. The lowest BCUT2D eigenvalue weighted by Crippen LogP contribution is -2.36. The maximum absolute atomic E-state index is 5.55. The van der Waals surface area contributed by atoms with Gasteiger partial charge in [0.25, 0.3) is 0 Å². The molecule has 0 aromatic carbocycles. The molecule has 2 aliphatic rings. The van der Waals surface area contributed by atoms with E-state index in [0.717, 1.165) is 38.7 Å². The normalized spacial score (nSPS) is 25.2. The maximum atomic E-state index is 5.55. The van der Waals surface area contributed by atoms with Crippen LogP contribution in [-0.2, 0) is 4.74 Å². The average molecular weight is 233 g/mol. The van der Waals surface area contributed by atoms with Gasteiger partial charge in [-0.25, -0.2) is 4.98 Å². The van der Waals surface area contributed by atoms with Gasteiger partial charge in [-0.15, -0.1) is 0 Å². The van der Waals surface area contributed by atoms with Crippen LogP contribution in [0.4, 0.5) is 5.82 Å². The van der Waals surface area contributed by atoms with Crippen LogP contribution in [0.15, 0.2) is 18.3 Å². The molecule has 1 N–H and O–H groups in total. The highest BCUT2D eigenvalue weighted by Gasteiger charge is 2.23. The molecule has 4 heteroatoms. The lowest BCUT2D eigenvalue weighted by Gasteiger charge is -2.28. The number of nitrogens with zero attached hydrogens (tertiary/aromatic N) is 2. The molecule has 2 fully saturated rings. The number of morpholine rings is 1. The van der Waals surface area contributed by atoms with Gasteiger partial charge in [-0.3, -0.25) is 0 Å². The molecule has 0 spiro atoms. The molecule has 3 rings (SSSR count). The molecule has 1 atom stereocenters. The van der Waals surface area contributed by atoms with E-state index in [-0.39, 0.29) is 0 Å². The minimum absolute atomic E-state index is 0.299. The summed E-state index contributed by atoms with van der Waals surface area (Å²) in [7, 11) is 0. The van der Waals surface area contributed by atoms with Crippen LogP contribution < -0.4 is 10.2 Å². The number of hydrogen-bond donors (Lipinski definition) is 1. The summed E-state index contributed by atoms with van der Waals surface area (Å²) < 4.78 is 5.55. The molecular weight excluding hydrogens is 214 g/mol. The Morgan fingerprint density at radius 1 is 1.35 bits per heavy atom. The zero-order chi connectivity index (χ0) is 11.5. The fraction of sp³-hybridized carbons (Fsp3) is 0.615. The Labute approximate surface area is 102 Å². The molecule has 0 amide bonds. The minimum Gasteiger partial charge on any atom is -0.378 e. The van der Waals surface area contributed by atoms with Gasteiger partial charge >= 0.3 is 0 Å². The summed E-state index contributed by atoms with van der Waals surface area (Å²) in [6.45, 7) is 4.77. The Hall–Kier alpha value is -1.13. The zero-order valence-electron chi connectivity index (χ0n) is 10.1. The molecule has 17 heavy (non-hydrogen) atoms. The topological polar surface area (TPSA) is 37.4 Å². The summed E-state index contributed by atoms with van der Waals surface area (Å²) in [4.78, 5) is 6.96. The maximum Gasteiger partial charge on any atom is 0.133 e. The highest BCUT2D eigenvalue weighted by molar-refractivity contribution is 5.49. The summed E-state index contributed by atoms with van der Waals surface area (Å²) in [6.07, 6.45) is 4.45. The summed E-state index contributed by atoms with van der Waals surface area (Å²) in [5, 5.41) is 3.51. The fourth-order valence-electron chi connectivity index (χ4n) is 2.64. The number of ether oxygens (including phenoxy) is 1. The third-order valence-electron chi connectivity index (χ3n) is 3.52. The molecule has 1 aromatic rings. The van der Waals surface area contributed by atoms with Gasteiger partial charge in [0, 0.05) is 31.4 Å². The van der Waals surface area contributed by atoms with E-state index in [0.29, 0.717) is 6.04 Å². The average Bonchev–Trinajstić information content (AvgIpc) is 2.94. The molecule has 92 valence electrons. The van der Waals surface area contributed by atoms with E-state index in [1.54, 1.807) is 0 Å². The Kier molecular flexibility index (Phi) is 3.25. The molecule has 3 heterocycles. The van der Waals surface area contributed by atoms with Crippen LogP contribution in [0.25, 0.3) is 0 Å². The van der Waals surface area contributed by atoms with Crippen molar-refractivity contribution in [2.24, 2.45) is 0 Å². The summed E-state index contributed by atoms with van der Waals surface area (Å²) in [5.41, 5.74) is 1.29. The molecule has 0 bridgehead atoms. The third-order valence-corrected chi connectivity index (χ3v) is 3.52. The van der Waals surface area contributed by atoms with Crippen molar-refractivity contribution >= 4 is 5.82 Å². The van der Waals surface area contributed by atoms with Crippen LogP contribution in [0, 0.1) is 0 Å². The molecular formula is C13H19N3O. The Bertz CT molecular complexity index is 371. The summed E-state index contributed by atoms with van der Waals surface area (Å²) in [6, 6.07) is 4.49. The van der Waals surface area contributed by atoms with Gasteiger partial charge in [-0.2, -0.15) is 0 Å². The van der Waals surface area contributed by atoms with Crippen LogP contribution in [0.3, 0.4) is 0 Å². The molecule has 0 radical (unpaired) electrons. The van der Waals surface area contributed by atoms with Crippen molar-refractivity contribution in [3.63, 3.8) is 0 Å². The van der Waals surface area contributed by atoms with Crippen molar-refractivity contribution in [1.29, 1.82) is 0 Å². The summed E-state index contributed by atoms with van der Waals surface area (Å²) >= 11 is 0. The number of pyridine rings is 1. The second kappa shape index (κ2) is 5.02. The summed E-state index contributed by atoms with van der Waals surface area (Å²) in [5.74, 6) is 1.15. The number of anilines is 1. The number of hydrogen-bond acceptors (Lipinski definition) is 4. The van der Waals surface area contributed by atoms with Gasteiger partial charge < -0.3 is 15.0 Å². The Morgan fingerprint density at radius 2 is 2.24 bits per heavy atom. The van der Waals surface area contributed by atoms with E-state index in [2.05, 4.69) is 21.3 Å². The molecule has 1 unspecified atom stereocenters. The molecule has 2 saturated heterocycles. The zero-order valence-corrected chi connectivity index (χ0v) is 10.1. The van der Waals surface area contributed by atoms with Gasteiger partial charge in [-0.1, -0.05) is 6.07 Å². The first kappa shape index (κ1) is 11.0. The van der Waals surface area contributed by atoms with Gasteiger partial charge in [0.15, 0.2) is 0 Å². The Balaban J connectivity index is 1.86. The van der Waals surface area contributed by atoms with E-state index in [1.165, 1.54) is 18.4 Å². The number of aromatic nitrogens is 1. The third kappa shape index (κ3) is 2.28. The molecule has 1 aromatic heterocycles. The lowest BCUT2D eigenvalue weighted by molar-refractivity contribution is 0.0769. The van der Waals surface area contributed by atoms with Crippen LogP contribution in [-0.4, -0.2) is 37.8 Å². The monoisotopic (exact) mass is 233 g/mol.